The number of aliphatic carboxylic acids is 1. The van der Waals surface area contributed by atoms with E-state index in [9.17, 15) is 24.3 Å². The number of carbonyl (C=O) groups is 4. The van der Waals surface area contributed by atoms with Crippen LogP contribution in [0.4, 0.5) is 0 Å². The van der Waals surface area contributed by atoms with E-state index in [1.165, 1.54) is 35.5 Å². The van der Waals surface area contributed by atoms with E-state index in [1.54, 1.807) is 12.3 Å². The van der Waals surface area contributed by atoms with Crippen LogP contribution >= 0.6 is 23.1 Å². The lowest BCUT2D eigenvalue weighted by atomic mass is 10.0. The second-order valence-corrected chi connectivity index (χ2v) is 7.95. The highest BCUT2D eigenvalue weighted by molar-refractivity contribution is 8.00. The molecule has 1 aromatic rings. The molecule has 1 fully saturated rings. The van der Waals surface area contributed by atoms with Crippen LogP contribution in [0.5, 0.6) is 0 Å². The smallest absolute Gasteiger partial charge is 0.352 e. The summed E-state index contributed by atoms with van der Waals surface area (Å²) in [5.41, 5.74) is 1.86. The van der Waals surface area contributed by atoms with E-state index in [0.29, 0.717) is 11.3 Å². The monoisotopic (exact) mass is 454 g/mol. The van der Waals surface area contributed by atoms with Crippen LogP contribution in [0.3, 0.4) is 0 Å². The van der Waals surface area contributed by atoms with Crippen molar-refractivity contribution in [1.29, 1.82) is 0 Å². The highest BCUT2D eigenvalue weighted by atomic mass is 32.2. The summed E-state index contributed by atoms with van der Waals surface area (Å²) in [6, 6.07) is -0.933. The van der Waals surface area contributed by atoms with Crippen LogP contribution in [0.25, 0.3) is 0 Å². The summed E-state index contributed by atoms with van der Waals surface area (Å²) in [5, 5.41) is 17.0. The second-order valence-electron chi connectivity index (χ2n) is 6.13. The molecule has 2 aliphatic rings. The van der Waals surface area contributed by atoms with Gasteiger partial charge in [-0.3, -0.25) is 19.3 Å². The lowest BCUT2D eigenvalue weighted by Crippen LogP contribution is -2.71. The van der Waals surface area contributed by atoms with Crippen LogP contribution in [0.2, 0.25) is 0 Å². The number of fused-ring (bicyclic) bond motifs is 1. The first-order chi connectivity index (χ1) is 14.3. The number of β-lactam (4-membered cyclic amide) rings is 1. The fraction of sp³-hybridized carbons (Fsp3) is 0.412. The van der Waals surface area contributed by atoms with Gasteiger partial charge in [-0.2, -0.15) is 0 Å². The van der Waals surface area contributed by atoms with E-state index >= 15 is 0 Å². The van der Waals surface area contributed by atoms with Crippen molar-refractivity contribution in [3.63, 3.8) is 0 Å². The van der Waals surface area contributed by atoms with Gasteiger partial charge in [0.1, 0.15) is 36.0 Å². The van der Waals surface area contributed by atoms with Crippen molar-refractivity contribution in [3.05, 3.63) is 27.9 Å². The van der Waals surface area contributed by atoms with Crippen molar-refractivity contribution in [1.82, 2.24) is 15.2 Å². The molecule has 0 radical (unpaired) electrons. The summed E-state index contributed by atoms with van der Waals surface area (Å²) in [7, 11) is 0. The number of esters is 1. The number of aromatic nitrogens is 1. The van der Waals surface area contributed by atoms with Crippen LogP contribution in [-0.2, 0) is 28.8 Å². The zero-order valence-corrected chi connectivity index (χ0v) is 17.6. The fourth-order valence-corrected chi connectivity index (χ4v) is 4.72. The molecule has 1 saturated heterocycles. The minimum Gasteiger partial charge on any atom is -0.477 e. The van der Waals surface area contributed by atoms with Crippen LogP contribution in [0, 0.1) is 0 Å². The number of hydrogen-bond donors (Lipinski definition) is 2. The number of nitrogens with zero attached hydrogens (tertiary/aromatic N) is 3. The number of ether oxygens (including phenoxy) is 1. The average Bonchev–Trinajstić information content (AvgIpc) is 3.24. The minimum atomic E-state index is -1.30. The largest absolute Gasteiger partial charge is 0.477 e. The molecule has 11 nitrogen and oxygen atoms in total. The number of nitrogens with one attached hydrogen (secondary N) is 1. The normalized spacial score (nSPS) is 20.9. The molecule has 0 spiro atoms. The second kappa shape index (κ2) is 9.26. The number of carbonyl (C=O) groups excluding carboxylic acids is 3. The molecule has 30 heavy (non-hydrogen) atoms. The van der Waals surface area contributed by atoms with Crippen LogP contribution in [0.15, 0.2) is 27.3 Å². The molecule has 1 aromatic heterocycles. The summed E-state index contributed by atoms with van der Waals surface area (Å²) in [5.74, 6) is -2.85. The van der Waals surface area contributed by atoms with Crippen molar-refractivity contribution in [2.75, 3.05) is 19.0 Å². The first-order valence-electron chi connectivity index (χ1n) is 8.77. The lowest BCUT2D eigenvalue weighted by Gasteiger charge is -2.49. The van der Waals surface area contributed by atoms with Gasteiger partial charge in [-0.25, -0.2) is 9.78 Å². The SMILES string of the molecule is CCON=C(C(=O)N[C@@H]1C(=O)N2C(C(=O)O)=C(COC(C)=O)CS[C@H]12)c1cscn1. The van der Waals surface area contributed by atoms with E-state index in [0.717, 1.165) is 4.90 Å². The molecule has 0 saturated carbocycles. The third-order valence-corrected chi connectivity index (χ3v) is 6.09. The van der Waals surface area contributed by atoms with Crippen molar-refractivity contribution in [2.45, 2.75) is 25.3 Å². The Kier molecular flexibility index (Phi) is 6.72. The van der Waals surface area contributed by atoms with Crippen LogP contribution in [0.1, 0.15) is 19.5 Å². The molecule has 2 N–H and O–H groups in total. The maximum atomic E-state index is 12.7. The molecular weight excluding hydrogens is 436 g/mol. The first-order valence-corrected chi connectivity index (χ1v) is 10.8. The van der Waals surface area contributed by atoms with Gasteiger partial charge in [0, 0.05) is 23.6 Å². The van der Waals surface area contributed by atoms with Gasteiger partial charge in [0.2, 0.25) is 0 Å². The molecule has 13 heteroatoms. The van der Waals surface area contributed by atoms with E-state index < -0.39 is 35.2 Å². The van der Waals surface area contributed by atoms with Gasteiger partial charge in [0.15, 0.2) is 5.71 Å². The van der Waals surface area contributed by atoms with Crippen LogP contribution in [-0.4, -0.2) is 74.8 Å². The summed E-state index contributed by atoms with van der Waals surface area (Å²) >= 11 is 2.54. The molecule has 2 amide bonds. The van der Waals surface area contributed by atoms with Gasteiger partial charge < -0.3 is 20.0 Å². The van der Waals surface area contributed by atoms with E-state index in [4.69, 9.17) is 9.57 Å². The van der Waals surface area contributed by atoms with E-state index in [-0.39, 0.29) is 30.4 Å². The number of rotatable bonds is 8. The molecular formula is C17H18N4O7S2. The average molecular weight is 454 g/mol. The Balaban J connectivity index is 1.76. The van der Waals surface area contributed by atoms with Crippen molar-refractivity contribution in [2.24, 2.45) is 5.16 Å². The highest BCUT2D eigenvalue weighted by Gasteiger charge is 2.54. The molecule has 0 bridgehead atoms. The fourth-order valence-electron chi connectivity index (χ4n) is 2.86. The third-order valence-electron chi connectivity index (χ3n) is 4.16. The quantitative estimate of drug-likeness (QED) is 0.243. The van der Waals surface area contributed by atoms with E-state index in [2.05, 4.69) is 15.5 Å². The van der Waals surface area contributed by atoms with E-state index in [1.807, 2.05) is 0 Å². The van der Waals surface area contributed by atoms with Gasteiger partial charge in [-0.05, 0) is 6.92 Å². The van der Waals surface area contributed by atoms with Gasteiger partial charge in [0.05, 0.1) is 5.51 Å². The standard InChI is InChI=1S/C17H18N4O7S2/c1-3-28-20-11(10-6-29-7-18-10)14(23)19-12-15(24)21-13(17(25)26)9(4-27-8(2)22)5-30-16(12)21/h6-7,12,16H,3-5H2,1-2H3,(H,19,23)(H,25,26)/t12-,16-/m1/s1. The number of carboxylic acids is 1. The summed E-state index contributed by atoms with van der Waals surface area (Å²) in [4.78, 5) is 58.3. The van der Waals surface area contributed by atoms with Gasteiger partial charge in [0.25, 0.3) is 11.8 Å². The summed E-state index contributed by atoms with van der Waals surface area (Å²) < 4.78 is 4.89. The van der Waals surface area contributed by atoms with Crippen LogP contribution < -0.4 is 5.32 Å². The maximum Gasteiger partial charge on any atom is 0.352 e. The Morgan fingerprint density at radius 2 is 2.20 bits per heavy atom. The Morgan fingerprint density at radius 3 is 2.80 bits per heavy atom. The van der Waals surface area contributed by atoms with Crippen molar-refractivity contribution < 1.29 is 33.9 Å². The zero-order chi connectivity index (χ0) is 21.8. The van der Waals surface area contributed by atoms with Crippen molar-refractivity contribution >= 4 is 52.6 Å². The Morgan fingerprint density at radius 1 is 1.43 bits per heavy atom. The maximum absolute atomic E-state index is 12.7. The number of oxime groups is 1. The highest BCUT2D eigenvalue weighted by Crippen LogP contribution is 2.40. The predicted molar refractivity (Wildman–Crippen MR) is 107 cm³/mol. The molecule has 0 unspecified atom stereocenters. The van der Waals surface area contributed by atoms with Gasteiger partial charge in [-0.1, -0.05) is 5.16 Å². The number of thiazole rings is 1. The zero-order valence-electron chi connectivity index (χ0n) is 16.0. The molecule has 2 aliphatic heterocycles. The topological polar surface area (TPSA) is 147 Å². The number of carboxylic acid groups (broad SMARTS) is 1. The summed E-state index contributed by atoms with van der Waals surface area (Å²) in [6.07, 6.45) is 0. The number of hydrogen-bond acceptors (Lipinski definition) is 10. The molecule has 160 valence electrons. The number of amides is 2. The summed E-state index contributed by atoms with van der Waals surface area (Å²) in [6.45, 7) is 2.95. The Labute approximate surface area is 179 Å². The number of thioether (sulfide) groups is 1. The molecule has 3 heterocycles. The molecule has 0 aliphatic carbocycles. The Hall–Kier alpha value is -2.93. The van der Waals surface area contributed by atoms with Crippen molar-refractivity contribution in [3.8, 4) is 0 Å². The van der Waals surface area contributed by atoms with Gasteiger partial charge >= 0.3 is 11.9 Å². The van der Waals surface area contributed by atoms with Gasteiger partial charge in [-0.15, -0.1) is 23.1 Å². The molecule has 0 aromatic carbocycles. The first kappa shape index (κ1) is 21.8. The third kappa shape index (κ3) is 4.31. The molecule has 2 atom stereocenters. The predicted octanol–water partition coefficient (Wildman–Crippen LogP) is 0.185. The minimum absolute atomic E-state index is 0.0743. The molecule has 3 rings (SSSR count). The Bertz CT molecular complexity index is 929. The lowest BCUT2D eigenvalue weighted by molar-refractivity contribution is -0.150.